The zero-order valence-corrected chi connectivity index (χ0v) is 14.8. The SMILES string of the molecule is CCNCc1sc(N2CCCCCCC2)nc1C(C)CC. The number of nitrogens with zero attached hydrogens (tertiary/aromatic N) is 2. The molecule has 1 N–H and O–H groups in total. The third-order valence-electron chi connectivity index (χ3n) is 4.46. The summed E-state index contributed by atoms with van der Waals surface area (Å²) < 4.78 is 0. The molecule has 0 radical (unpaired) electrons. The molecule has 1 saturated heterocycles. The average Bonchev–Trinajstić information content (AvgIpc) is 2.88. The van der Waals surface area contributed by atoms with Crippen LogP contribution in [0.15, 0.2) is 0 Å². The third-order valence-corrected chi connectivity index (χ3v) is 5.59. The van der Waals surface area contributed by atoms with Gasteiger partial charge < -0.3 is 10.2 Å². The van der Waals surface area contributed by atoms with Crippen molar-refractivity contribution in [2.24, 2.45) is 0 Å². The summed E-state index contributed by atoms with van der Waals surface area (Å²) in [6.45, 7) is 11.1. The highest BCUT2D eigenvalue weighted by molar-refractivity contribution is 7.15. The topological polar surface area (TPSA) is 28.2 Å². The van der Waals surface area contributed by atoms with E-state index in [-0.39, 0.29) is 0 Å². The molecule has 120 valence electrons. The molecule has 1 aromatic heterocycles. The van der Waals surface area contributed by atoms with E-state index in [4.69, 9.17) is 4.98 Å². The maximum absolute atomic E-state index is 5.03. The van der Waals surface area contributed by atoms with Gasteiger partial charge in [0.25, 0.3) is 0 Å². The lowest BCUT2D eigenvalue weighted by Gasteiger charge is -2.24. The Bertz CT molecular complexity index is 408. The second kappa shape index (κ2) is 8.74. The van der Waals surface area contributed by atoms with Gasteiger partial charge in [-0.1, -0.05) is 40.0 Å². The summed E-state index contributed by atoms with van der Waals surface area (Å²) in [6, 6.07) is 0. The van der Waals surface area contributed by atoms with Crippen LogP contribution in [0.3, 0.4) is 0 Å². The highest BCUT2D eigenvalue weighted by Crippen LogP contribution is 2.33. The molecule has 0 bridgehead atoms. The van der Waals surface area contributed by atoms with Gasteiger partial charge in [0.2, 0.25) is 0 Å². The fourth-order valence-corrected chi connectivity index (χ4v) is 4.07. The van der Waals surface area contributed by atoms with Gasteiger partial charge in [0.15, 0.2) is 5.13 Å². The van der Waals surface area contributed by atoms with Crippen molar-refractivity contribution in [3.8, 4) is 0 Å². The minimum atomic E-state index is 0.568. The van der Waals surface area contributed by atoms with Crippen molar-refractivity contribution in [3.05, 3.63) is 10.6 Å². The maximum Gasteiger partial charge on any atom is 0.185 e. The summed E-state index contributed by atoms with van der Waals surface area (Å²) in [4.78, 5) is 9.01. The van der Waals surface area contributed by atoms with Crippen LogP contribution in [0.2, 0.25) is 0 Å². The van der Waals surface area contributed by atoms with Crippen LogP contribution in [0, 0.1) is 0 Å². The molecule has 0 saturated carbocycles. The summed E-state index contributed by atoms with van der Waals surface area (Å²) in [6.07, 6.45) is 7.98. The molecule has 1 unspecified atom stereocenters. The standard InChI is InChI=1S/C17H31N3S/c1-4-14(3)16-15(13-18-5-2)21-17(19-16)20-11-9-7-6-8-10-12-20/h14,18H,4-13H2,1-3H3. The maximum atomic E-state index is 5.03. The van der Waals surface area contributed by atoms with Gasteiger partial charge in [-0.25, -0.2) is 4.98 Å². The van der Waals surface area contributed by atoms with Gasteiger partial charge in [0, 0.05) is 24.5 Å². The number of hydrogen-bond donors (Lipinski definition) is 1. The van der Waals surface area contributed by atoms with E-state index >= 15 is 0 Å². The molecule has 0 spiro atoms. The molecule has 1 aliphatic heterocycles. The number of thiazole rings is 1. The Labute approximate surface area is 134 Å². The Morgan fingerprint density at radius 2 is 1.81 bits per heavy atom. The number of rotatable bonds is 6. The average molecular weight is 310 g/mol. The molecule has 1 aromatic rings. The Morgan fingerprint density at radius 3 is 2.43 bits per heavy atom. The first-order valence-corrected chi connectivity index (χ1v) is 9.53. The number of anilines is 1. The van der Waals surface area contributed by atoms with E-state index in [0.717, 1.165) is 13.1 Å². The fraction of sp³-hybridized carbons (Fsp3) is 0.824. The molecule has 0 aliphatic carbocycles. The smallest absolute Gasteiger partial charge is 0.185 e. The lowest BCUT2D eigenvalue weighted by atomic mass is 10.0. The molecule has 21 heavy (non-hydrogen) atoms. The van der Waals surface area contributed by atoms with Gasteiger partial charge in [0.1, 0.15) is 0 Å². The van der Waals surface area contributed by atoms with Crippen molar-refractivity contribution in [1.29, 1.82) is 0 Å². The van der Waals surface area contributed by atoms with Crippen LogP contribution in [0.5, 0.6) is 0 Å². The molecule has 1 atom stereocenters. The highest BCUT2D eigenvalue weighted by atomic mass is 32.1. The zero-order chi connectivity index (χ0) is 15.1. The second-order valence-corrected chi connectivity index (χ2v) is 7.21. The molecule has 3 nitrogen and oxygen atoms in total. The van der Waals surface area contributed by atoms with E-state index in [9.17, 15) is 0 Å². The van der Waals surface area contributed by atoms with Gasteiger partial charge in [-0.2, -0.15) is 0 Å². The van der Waals surface area contributed by atoms with Crippen molar-refractivity contribution in [2.75, 3.05) is 24.5 Å². The zero-order valence-electron chi connectivity index (χ0n) is 14.0. The Morgan fingerprint density at radius 1 is 1.14 bits per heavy atom. The Balaban J connectivity index is 2.15. The van der Waals surface area contributed by atoms with Crippen LogP contribution in [-0.2, 0) is 6.54 Å². The first kappa shape index (κ1) is 16.8. The Hall–Kier alpha value is -0.610. The van der Waals surface area contributed by atoms with E-state index in [1.807, 2.05) is 11.3 Å². The lowest BCUT2D eigenvalue weighted by molar-refractivity contribution is 0.555. The molecule has 2 heterocycles. The van der Waals surface area contributed by atoms with Gasteiger partial charge in [-0.15, -0.1) is 11.3 Å². The molecule has 0 amide bonds. The normalized spacial score (nSPS) is 18.3. The molecular weight excluding hydrogens is 278 g/mol. The summed E-state index contributed by atoms with van der Waals surface area (Å²) in [5.74, 6) is 0.568. The monoisotopic (exact) mass is 309 g/mol. The van der Waals surface area contributed by atoms with Crippen LogP contribution in [0.1, 0.15) is 75.8 Å². The van der Waals surface area contributed by atoms with E-state index < -0.39 is 0 Å². The highest BCUT2D eigenvalue weighted by Gasteiger charge is 2.19. The van der Waals surface area contributed by atoms with Crippen molar-refractivity contribution in [3.63, 3.8) is 0 Å². The number of nitrogens with one attached hydrogen (secondary N) is 1. The van der Waals surface area contributed by atoms with Crippen molar-refractivity contribution >= 4 is 16.5 Å². The second-order valence-electron chi connectivity index (χ2n) is 6.15. The van der Waals surface area contributed by atoms with Crippen LogP contribution in [0.25, 0.3) is 0 Å². The molecule has 1 aliphatic rings. The van der Waals surface area contributed by atoms with Crippen molar-refractivity contribution < 1.29 is 0 Å². The first-order chi connectivity index (χ1) is 10.3. The summed E-state index contributed by atoms with van der Waals surface area (Å²) in [5.41, 5.74) is 1.33. The van der Waals surface area contributed by atoms with Crippen molar-refractivity contribution in [2.45, 2.75) is 71.8 Å². The predicted molar refractivity (Wildman–Crippen MR) is 93.5 cm³/mol. The van der Waals surface area contributed by atoms with Gasteiger partial charge >= 0.3 is 0 Å². The van der Waals surface area contributed by atoms with Gasteiger partial charge in [-0.05, 0) is 31.7 Å². The summed E-state index contributed by atoms with van der Waals surface area (Å²) in [5, 5.41) is 4.74. The third kappa shape index (κ3) is 4.68. The minimum Gasteiger partial charge on any atom is -0.348 e. The molecule has 1 fully saturated rings. The molecule has 4 heteroatoms. The van der Waals surface area contributed by atoms with Crippen LogP contribution in [0.4, 0.5) is 5.13 Å². The molecule has 0 aromatic carbocycles. The van der Waals surface area contributed by atoms with Crippen LogP contribution < -0.4 is 10.2 Å². The molecule has 2 rings (SSSR count). The lowest BCUT2D eigenvalue weighted by Crippen LogP contribution is -2.26. The quantitative estimate of drug-likeness (QED) is 0.836. The van der Waals surface area contributed by atoms with E-state index in [1.54, 1.807) is 0 Å². The Kier molecular flexibility index (Phi) is 6.97. The number of aromatic nitrogens is 1. The van der Waals surface area contributed by atoms with Crippen LogP contribution >= 0.6 is 11.3 Å². The van der Waals surface area contributed by atoms with Gasteiger partial charge in [-0.3, -0.25) is 0 Å². The summed E-state index contributed by atoms with van der Waals surface area (Å²) in [7, 11) is 0. The largest absolute Gasteiger partial charge is 0.348 e. The first-order valence-electron chi connectivity index (χ1n) is 8.71. The van der Waals surface area contributed by atoms with Crippen molar-refractivity contribution in [1.82, 2.24) is 10.3 Å². The summed E-state index contributed by atoms with van der Waals surface area (Å²) >= 11 is 1.92. The molecular formula is C17H31N3S. The fourth-order valence-electron chi connectivity index (χ4n) is 2.87. The predicted octanol–water partition coefficient (Wildman–Crippen LogP) is 4.54. The van der Waals surface area contributed by atoms with E-state index in [1.165, 1.54) is 67.3 Å². The van der Waals surface area contributed by atoms with E-state index in [2.05, 4.69) is 31.0 Å². The minimum absolute atomic E-state index is 0.568. The van der Waals surface area contributed by atoms with Crippen LogP contribution in [-0.4, -0.2) is 24.6 Å². The van der Waals surface area contributed by atoms with E-state index in [0.29, 0.717) is 5.92 Å². The number of hydrogen-bond acceptors (Lipinski definition) is 4. The van der Waals surface area contributed by atoms with Gasteiger partial charge in [0.05, 0.1) is 5.69 Å².